The molecule has 0 N–H and O–H groups in total. The van der Waals surface area contributed by atoms with E-state index >= 15 is 0 Å². The minimum atomic E-state index is 0.0613. The fourth-order valence-corrected chi connectivity index (χ4v) is 2.45. The third-order valence-corrected chi connectivity index (χ3v) is 3.74. The maximum Gasteiger partial charge on any atom is 0.181 e. The molecule has 3 nitrogen and oxygen atoms in total. The first-order valence-corrected chi connectivity index (χ1v) is 8.01. The van der Waals surface area contributed by atoms with Crippen molar-refractivity contribution in [3.63, 3.8) is 0 Å². The summed E-state index contributed by atoms with van der Waals surface area (Å²) < 4.78 is 5.83. The average Bonchev–Trinajstić information content (AvgIpc) is 2.66. The third kappa shape index (κ3) is 4.53. The molecule has 0 aliphatic carbocycles. The smallest absolute Gasteiger partial charge is 0.181 e. The van der Waals surface area contributed by atoms with Gasteiger partial charge in [-0.2, -0.15) is 0 Å². The quantitative estimate of drug-likeness (QED) is 0.603. The fraction of sp³-hybridized carbons (Fsp3) is 0.143. The van der Waals surface area contributed by atoms with E-state index in [2.05, 4.69) is 4.98 Å². The molecule has 3 heteroatoms. The Morgan fingerprint density at radius 1 is 0.875 bits per heavy atom. The Morgan fingerprint density at radius 3 is 2.46 bits per heavy atom. The summed E-state index contributed by atoms with van der Waals surface area (Å²) in [6, 6.07) is 23.4. The summed E-state index contributed by atoms with van der Waals surface area (Å²) in [5.74, 6) is 0.882. The number of aryl methyl sites for hydroxylation is 1. The molecule has 0 aliphatic rings. The summed E-state index contributed by atoms with van der Waals surface area (Å²) in [4.78, 5) is 16.2. The maximum atomic E-state index is 12.1. The summed E-state index contributed by atoms with van der Waals surface area (Å²) in [5.41, 5.74) is 2.74. The Hall–Kier alpha value is -2.94. The first-order valence-electron chi connectivity index (χ1n) is 8.01. The zero-order valence-electron chi connectivity index (χ0n) is 13.4. The Labute approximate surface area is 142 Å². The Balaban J connectivity index is 1.56. The van der Waals surface area contributed by atoms with E-state index in [-0.39, 0.29) is 5.78 Å². The SMILES string of the molecule is O=C(CCc1cccc(OCc2ccccc2)c1)c1ccccn1. The first kappa shape index (κ1) is 15.9. The van der Waals surface area contributed by atoms with Crippen molar-refractivity contribution in [1.82, 2.24) is 4.98 Å². The van der Waals surface area contributed by atoms with Gasteiger partial charge in [-0.05, 0) is 41.8 Å². The predicted molar refractivity (Wildman–Crippen MR) is 94.1 cm³/mol. The first-order chi connectivity index (χ1) is 11.8. The molecule has 0 bridgehead atoms. The highest BCUT2D eigenvalue weighted by Crippen LogP contribution is 2.17. The van der Waals surface area contributed by atoms with Crippen molar-refractivity contribution in [2.24, 2.45) is 0 Å². The highest BCUT2D eigenvalue weighted by atomic mass is 16.5. The summed E-state index contributed by atoms with van der Waals surface area (Å²) >= 11 is 0. The molecule has 0 amide bonds. The summed E-state index contributed by atoms with van der Waals surface area (Å²) in [5, 5.41) is 0. The summed E-state index contributed by atoms with van der Waals surface area (Å²) in [6.07, 6.45) is 2.77. The molecule has 0 saturated heterocycles. The molecule has 1 heterocycles. The zero-order valence-corrected chi connectivity index (χ0v) is 13.4. The van der Waals surface area contributed by atoms with E-state index in [0.717, 1.165) is 16.9 Å². The van der Waals surface area contributed by atoms with Gasteiger partial charge in [-0.1, -0.05) is 48.5 Å². The lowest BCUT2D eigenvalue weighted by Gasteiger charge is -2.08. The van der Waals surface area contributed by atoms with Crippen LogP contribution >= 0.6 is 0 Å². The van der Waals surface area contributed by atoms with Gasteiger partial charge >= 0.3 is 0 Å². The van der Waals surface area contributed by atoms with E-state index in [1.807, 2.05) is 66.7 Å². The highest BCUT2D eigenvalue weighted by Gasteiger charge is 2.07. The van der Waals surface area contributed by atoms with Gasteiger partial charge in [-0.25, -0.2) is 0 Å². The monoisotopic (exact) mass is 317 g/mol. The largest absolute Gasteiger partial charge is 0.489 e. The number of ether oxygens (including phenoxy) is 1. The number of rotatable bonds is 7. The Morgan fingerprint density at radius 2 is 1.67 bits per heavy atom. The summed E-state index contributed by atoms with van der Waals surface area (Å²) in [7, 11) is 0. The van der Waals surface area contributed by atoms with Crippen molar-refractivity contribution in [3.05, 3.63) is 95.8 Å². The molecule has 0 radical (unpaired) electrons. The van der Waals surface area contributed by atoms with Crippen LogP contribution in [-0.4, -0.2) is 10.8 Å². The number of benzene rings is 2. The van der Waals surface area contributed by atoms with E-state index in [0.29, 0.717) is 25.1 Å². The van der Waals surface area contributed by atoms with Crippen LogP contribution in [0, 0.1) is 0 Å². The van der Waals surface area contributed by atoms with Gasteiger partial charge in [0.05, 0.1) is 0 Å². The van der Waals surface area contributed by atoms with Crippen LogP contribution in [0.4, 0.5) is 0 Å². The van der Waals surface area contributed by atoms with Crippen LogP contribution in [0.2, 0.25) is 0 Å². The standard InChI is InChI=1S/C21H19NO2/c23-21(20-11-4-5-14-22-20)13-12-17-9-6-10-19(15-17)24-16-18-7-2-1-3-8-18/h1-11,14-15H,12-13,16H2. The number of ketones is 1. The van der Waals surface area contributed by atoms with Gasteiger partial charge in [-0.15, -0.1) is 0 Å². The number of hydrogen-bond acceptors (Lipinski definition) is 3. The van der Waals surface area contributed by atoms with Gasteiger partial charge < -0.3 is 4.74 Å². The Bertz CT molecular complexity index is 785. The lowest BCUT2D eigenvalue weighted by atomic mass is 10.1. The van der Waals surface area contributed by atoms with Crippen LogP contribution in [0.3, 0.4) is 0 Å². The molecule has 3 aromatic rings. The topological polar surface area (TPSA) is 39.2 Å². The van der Waals surface area contributed by atoms with E-state index in [1.54, 1.807) is 12.3 Å². The average molecular weight is 317 g/mol. The van der Waals surface area contributed by atoms with Crippen molar-refractivity contribution in [1.29, 1.82) is 0 Å². The van der Waals surface area contributed by atoms with Crippen molar-refractivity contribution in [3.8, 4) is 5.75 Å². The number of aromatic nitrogens is 1. The van der Waals surface area contributed by atoms with E-state index in [4.69, 9.17) is 4.74 Å². The molecular formula is C21H19NO2. The van der Waals surface area contributed by atoms with Gasteiger partial charge in [0.2, 0.25) is 0 Å². The van der Waals surface area contributed by atoms with E-state index in [1.165, 1.54) is 0 Å². The molecule has 1 aromatic heterocycles. The lowest BCUT2D eigenvalue weighted by molar-refractivity contribution is 0.0978. The van der Waals surface area contributed by atoms with Gasteiger partial charge in [0.15, 0.2) is 5.78 Å². The van der Waals surface area contributed by atoms with Crippen LogP contribution in [-0.2, 0) is 13.0 Å². The molecule has 120 valence electrons. The number of carbonyl (C=O) groups excluding carboxylic acids is 1. The van der Waals surface area contributed by atoms with E-state index < -0.39 is 0 Å². The second-order valence-corrected chi connectivity index (χ2v) is 5.56. The van der Waals surface area contributed by atoms with E-state index in [9.17, 15) is 4.79 Å². The fourth-order valence-electron chi connectivity index (χ4n) is 2.45. The highest BCUT2D eigenvalue weighted by molar-refractivity contribution is 5.94. The van der Waals surface area contributed by atoms with Crippen LogP contribution in [0.25, 0.3) is 0 Å². The number of nitrogens with zero attached hydrogens (tertiary/aromatic N) is 1. The molecule has 0 fully saturated rings. The molecule has 0 spiro atoms. The van der Waals surface area contributed by atoms with Crippen LogP contribution in [0.5, 0.6) is 5.75 Å². The number of pyridine rings is 1. The zero-order chi connectivity index (χ0) is 16.6. The van der Waals surface area contributed by atoms with Crippen molar-refractivity contribution in [2.45, 2.75) is 19.4 Å². The van der Waals surface area contributed by atoms with Gasteiger partial charge in [0.25, 0.3) is 0 Å². The molecule has 0 unspecified atom stereocenters. The normalized spacial score (nSPS) is 10.3. The molecule has 0 saturated carbocycles. The van der Waals surface area contributed by atoms with Crippen molar-refractivity contribution in [2.75, 3.05) is 0 Å². The second-order valence-electron chi connectivity index (χ2n) is 5.56. The molecular weight excluding hydrogens is 298 g/mol. The predicted octanol–water partition coefficient (Wildman–Crippen LogP) is 4.48. The van der Waals surface area contributed by atoms with Crippen LogP contribution < -0.4 is 4.74 Å². The number of Topliss-reactive ketones (excluding diaryl/α,β-unsaturated/α-hetero) is 1. The van der Waals surface area contributed by atoms with Crippen molar-refractivity contribution >= 4 is 5.78 Å². The van der Waals surface area contributed by atoms with Crippen molar-refractivity contribution < 1.29 is 9.53 Å². The third-order valence-electron chi connectivity index (χ3n) is 3.74. The van der Waals surface area contributed by atoms with Crippen LogP contribution in [0.15, 0.2) is 79.0 Å². The molecule has 0 aliphatic heterocycles. The Kier molecular flexibility index (Phi) is 5.36. The maximum absolute atomic E-state index is 12.1. The number of carbonyl (C=O) groups is 1. The van der Waals surface area contributed by atoms with Crippen LogP contribution in [0.1, 0.15) is 28.0 Å². The van der Waals surface area contributed by atoms with Gasteiger partial charge in [0, 0.05) is 12.6 Å². The second kappa shape index (κ2) is 8.06. The molecule has 0 atom stereocenters. The minimum absolute atomic E-state index is 0.0613. The number of hydrogen-bond donors (Lipinski definition) is 0. The summed E-state index contributed by atoms with van der Waals surface area (Å²) in [6.45, 7) is 0.539. The molecule has 2 aromatic carbocycles. The molecule has 24 heavy (non-hydrogen) atoms. The minimum Gasteiger partial charge on any atom is -0.489 e. The van der Waals surface area contributed by atoms with Gasteiger partial charge in [-0.3, -0.25) is 9.78 Å². The van der Waals surface area contributed by atoms with Gasteiger partial charge in [0.1, 0.15) is 18.1 Å². The molecule has 3 rings (SSSR count). The lowest BCUT2D eigenvalue weighted by Crippen LogP contribution is -2.03.